The molecule has 0 unspecified atom stereocenters. The van der Waals surface area contributed by atoms with Crippen LogP contribution in [0.3, 0.4) is 0 Å². The number of hydrogen-bond donors (Lipinski definition) is 2. The molecule has 5 rings (SSSR count). The maximum Gasteiger partial charge on any atom is 0.255 e. The van der Waals surface area contributed by atoms with E-state index in [1.54, 1.807) is 30.6 Å². The van der Waals surface area contributed by atoms with Gasteiger partial charge in [0.15, 0.2) is 11.5 Å². The zero-order valence-corrected chi connectivity index (χ0v) is 19.5. The molecule has 0 saturated carbocycles. The third-order valence-electron chi connectivity index (χ3n) is 6.72. The summed E-state index contributed by atoms with van der Waals surface area (Å²) in [6.45, 7) is 3.74. The third-order valence-corrected chi connectivity index (χ3v) is 6.72. The van der Waals surface area contributed by atoms with Gasteiger partial charge in [0.05, 0.1) is 11.3 Å². The smallest absolute Gasteiger partial charge is 0.255 e. The van der Waals surface area contributed by atoms with E-state index in [-0.39, 0.29) is 24.0 Å². The molecule has 35 heavy (non-hydrogen) atoms. The molecule has 0 aliphatic carbocycles. The lowest BCUT2D eigenvalue weighted by Crippen LogP contribution is -2.44. The van der Waals surface area contributed by atoms with Gasteiger partial charge in [-0.3, -0.25) is 14.6 Å². The predicted octanol–water partition coefficient (Wildman–Crippen LogP) is 3.85. The Morgan fingerprint density at radius 1 is 0.971 bits per heavy atom. The SMILES string of the molecule is Cc1cccc(C(=O)NCC2(c3ccc4c(c3)OCO4)CCOCC2)c1NC(=O)c1ccncc1. The van der Waals surface area contributed by atoms with Crippen LogP contribution >= 0.6 is 0 Å². The summed E-state index contributed by atoms with van der Waals surface area (Å²) in [6.07, 6.45) is 4.66. The maximum atomic E-state index is 13.4. The molecule has 180 valence electrons. The highest BCUT2D eigenvalue weighted by molar-refractivity contribution is 6.09. The summed E-state index contributed by atoms with van der Waals surface area (Å²) in [6, 6.07) is 14.6. The van der Waals surface area contributed by atoms with Crippen molar-refractivity contribution in [3.05, 3.63) is 83.2 Å². The van der Waals surface area contributed by atoms with E-state index in [1.165, 1.54) is 0 Å². The highest BCUT2D eigenvalue weighted by atomic mass is 16.7. The number of aryl methyl sites for hydroxylation is 1. The minimum absolute atomic E-state index is 0.215. The summed E-state index contributed by atoms with van der Waals surface area (Å²) in [5.41, 5.74) is 2.98. The number of rotatable bonds is 6. The quantitative estimate of drug-likeness (QED) is 0.564. The van der Waals surface area contributed by atoms with Gasteiger partial charge in [-0.05, 0) is 61.2 Å². The van der Waals surface area contributed by atoms with E-state index in [9.17, 15) is 9.59 Å². The normalized spacial score (nSPS) is 15.9. The van der Waals surface area contributed by atoms with Crippen molar-refractivity contribution in [3.63, 3.8) is 0 Å². The summed E-state index contributed by atoms with van der Waals surface area (Å²) in [7, 11) is 0. The lowest BCUT2D eigenvalue weighted by Gasteiger charge is -2.38. The molecule has 2 aliphatic rings. The van der Waals surface area contributed by atoms with E-state index < -0.39 is 0 Å². The molecule has 1 aromatic heterocycles. The lowest BCUT2D eigenvalue weighted by atomic mass is 9.74. The average Bonchev–Trinajstić information content (AvgIpc) is 3.37. The zero-order chi connectivity index (χ0) is 24.3. The third kappa shape index (κ3) is 4.70. The molecule has 2 aliphatic heterocycles. The Morgan fingerprint density at radius 2 is 1.74 bits per heavy atom. The number of benzene rings is 2. The molecular weight excluding hydrogens is 446 g/mol. The number of carbonyl (C=O) groups excluding carboxylic acids is 2. The number of pyridine rings is 1. The Labute approximate surface area is 203 Å². The fraction of sp³-hybridized carbons (Fsp3) is 0.296. The number of carbonyl (C=O) groups is 2. The van der Waals surface area contributed by atoms with Gasteiger partial charge in [0.25, 0.3) is 11.8 Å². The number of fused-ring (bicyclic) bond motifs is 1. The Morgan fingerprint density at radius 3 is 2.54 bits per heavy atom. The molecule has 2 N–H and O–H groups in total. The van der Waals surface area contributed by atoms with Crippen molar-refractivity contribution in [2.45, 2.75) is 25.2 Å². The Hall–Kier alpha value is -3.91. The molecule has 8 nitrogen and oxygen atoms in total. The Balaban J connectivity index is 1.37. The van der Waals surface area contributed by atoms with Crippen molar-refractivity contribution in [2.75, 3.05) is 31.9 Å². The van der Waals surface area contributed by atoms with Crippen molar-refractivity contribution < 1.29 is 23.8 Å². The van der Waals surface area contributed by atoms with Crippen LogP contribution in [-0.4, -0.2) is 43.3 Å². The monoisotopic (exact) mass is 473 g/mol. The van der Waals surface area contributed by atoms with Gasteiger partial charge < -0.3 is 24.8 Å². The van der Waals surface area contributed by atoms with E-state index >= 15 is 0 Å². The standard InChI is InChI=1S/C27H27N3O5/c1-18-3-2-4-21(24(18)30-25(31)19-7-11-28-12-8-19)26(32)29-16-27(9-13-33-14-10-27)20-5-6-22-23(15-20)35-17-34-22/h2-8,11-12,15H,9-10,13-14,16-17H2,1H3,(H,29,32)(H,30,31). The summed E-state index contributed by atoms with van der Waals surface area (Å²) in [5, 5.41) is 6.03. The minimum atomic E-state index is -0.294. The first-order valence-electron chi connectivity index (χ1n) is 11.6. The van der Waals surface area contributed by atoms with Crippen LogP contribution in [-0.2, 0) is 10.2 Å². The van der Waals surface area contributed by atoms with Crippen LogP contribution in [0.5, 0.6) is 11.5 Å². The molecule has 8 heteroatoms. The number of nitrogens with one attached hydrogen (secondary N) is 2. The number of nitrogens with zero attached hydrogens (tertiary/aromatic N) is 1. The molecule has 3 aromatic rings. The first kappa shape index (κ1) is 22.9. The molecule has 0 bridgehead atoms. The molecule has 2 amide bonds. The van der Waals surface area contributed by atoms with Gasteiger partial charge in [0.1, 0.15) is 0 Å². The summed E-state index contributed by atoms with van der Waals surface area (Å²) in [5.74, 6) is 0.913. The minimum Gasteiger partial charge on any atom is -0.454 e. The predicted molar refractivity (Wildman–Crippen MR) is 130 cm³/mol. The Kier molecular flexibility index (Phi) is 6.37. The highest BCUT2D eigenvalue weighted by Crippen LogP contribution is 2.40. The van der Waals surface area contributed by atoms with Crippen molar-refractivity contribution in [1.82, 2.24) is 10.3 Å². The van der Waals surface area contributed by atoms with E-state index in [2.05, 4.69) is 15.6 Å². The first-order chi connectivity index (χ1) is 17.1. The number of ether oxygens (including phenoxy) is 3. The lowest BCUT2D eigenvalue weighted by molar-refractivity contribution is 0.0486. The number of hydrogen-bond acceptors (Lipinski definition) is 6. The molecule has 3 heterocycles. The van der Waals surface area contributed by atoms with Crippen LogP contribution in [0.1, 0.15) is 44.7 Å². The van der Waals surface area contributed by atoms with Gasteiger partial charge in [-0.15, -0.1) is 0 Å². The molecule has 0 radical (unpaired) electrons. The first-order valence-corrected chi connectivity index (χ1v) is 11.6. The van der Waals surface area contributed by atoms with Crippen LogP contribution in [0.15, 0.2) is 60.9 Å². The molecular formula is C27H27N3O5. The van der Waals surface area contributed by atoms with Crippen molar-refractivity contribution in [2.24, 2.45) is 0 Å². The highest BCUT2D eigenvalue weighted by Gasteiger charge is 2.36. The van der Waals surface area contributed by atoms with Crippen LogP contribution < -0.4 is 20.1 Å². The van der Waals surface area contributed by atoms with Gasteiger partial charge in [-0.1, -0.05) is 18.2 Å². The van der Waals surface area contributed by atoms with Crippen molar-refractivity contribution in [3.8, 4) is 11.5 Å². The molecule has 0 spiro atoms. The van der Waals surface area contributed by atoms with E-state index in [4.69, 9.17) is 14.2 Å². The van der Waals surface area contributed by atoms with Gasteiger partial charge in [-0.25, -0.2) is 0 Å². The fourth-order valence-electron chi connectivity index (χ4n) is 4.61. The van der Waals surface area contributed by atoms with Gasteiger partial charge in [0, 0.05) is 43.1 Å². The molecule has 2 aromatic carbocycles. The van der Waals surface area contributed by atoms with Crippen LogP contribution in [0, 0.1) is 6.92 Å². The number of anilines is 1. The second kappa shape index (κ2) is 9.76. The van der Waals surface area contributed by atoms with Gasteiger partial charge in [0.2, 0.25) is 6.79 Å². The number of aromatic nitrogens is 1. The maximum absolute atomic E-state index is 13.4. The van der Waals surface area contributed by atoms with Crippen molar-refractivity contribution >= 4 is 17.5 Å². The zero-order valence-electron chi connectivity index (χ0n) is 19.5. The Bertz CT molecular complexity index is 1240. The second-order valence-corrected chi connectivity index (χ2v) is 8.83. The molecule has 0 atom stereocenters. The van der Waals surface area contributed by atoms with Crippen LogP contribution in [0.25, 0.3) is 0 Å². The van der Waals surface area contributed by atoms with Crippen LogP contribution in [0.2, 0.25) is 0 Å². The van der Waals surface area contributed by atoms with E-state index in [0.717, 1.165) is 35.5 Å². The number of para-hydroxylation sites is 1. The van der Waals surface area contributed by atoms with E-state index in [0.29, 0.717) is 36.6 Å². The average molecular weight is 474 g/mol. The fourth-order valence-corrected chi connectivity index (χ4v) is 4.61. The number of amides is 2. The van der Waals surface area contributed by atoms with E-state index in [1.807, 2.05) is 37.3 Å². The topological polar surface area (TPSA) is 98.8 Å². The van der Waals surface area contributed by atoms with Crippen LogP contribution in [0.4, 0.5) is 5.69 Å². The second-order valence-electron chi connectivity index (χ2n) is 8.83. The largest absolute Gasteiger partial charge is 0.454 e. The van der Waals surface area contributed by atoms with Crippen molar-refractivity contribution in [1.29, 1.82) is 0 Å². The summed E-state index contributed by atoms with van der Waals surface area (Å²) < 4.78 is 16.7. The van der Waals surface area contributed by atoms with Gasteiger partial charge in [-0.2, -0.15) is 0 Å². The summed E-state index contributed by atoms with van der Waals surface area (Å²) in [4.78, 5) is 30.1. The molecule has 1 saturated heterocycles. The van der Waals surface area contributed by atoms with Gasteiger partial charge >= 0.3 is 0 Å². The molecule has 1 fully saturated rings. The summed E-state index contributed by atoms with van der Waals surface area (Å²) >= 11 is 0.